The van der Waals surface area contributed by atoms with E-state index < -0.39 is 10.0 Å². The van der Waals surface area contributed by atoms with E-state index in [-0.39, 0.29) is 17.5 Å². The van der Waals surface area contributed by atoms with Crippen LogP contribution in [-0.2, 0) is 16.4 Å². The molecule has 0 aliphatic rings. The fraction of sp³-hybridized carbons (Fsp3) is 0.333. The van der Waals surface area contributed by atoms with Gasteiger partial charge in [0, 0.05) is 18.4 Å². The van der Waals surface area contributed by atoms with Crippen LogP contribution >= 0.6 is 0 Å². The van der Waals surface area contributed by atoms with E-state index in [1.807, 2.05) is 45.9 Å². The second-order valence-electron chi connectivity index (χ2n) is 7.03. The van der Waals surface area contributed by atoms with Gasteiger partial charge in [0.05, 0.1) is 16.7 Å². The quantitative estimate of drug-likeness (QED) is 0.612. The lowest BCUT2D eigenvalue weighted by Gasteiger charge is -2.11. The van der Waals surface area contributed by atoms with Crippen LogP contribution in [-0.4, -0.2) is 35.8 Å². The number of nitrogens with zero attached hydrogens (tertiary/aromatic N) is 3. The summed E-state index contributed by atoms with van der Waals surface area (Å²) in [6.07, 6.45) is 2.30. The minimum atomic E-state index is -3.59. The molecular formula is C21H26N4O3S. The maximum Gasteiger partial charge on any atom is 0.240 e. The Morgan fingerprint density at radius 1 is 1.10 bits per heavy atom. The van der Waals surface area contributed by atoms with Gasteiger partial charge in [-0.3, -0.25) is 0 Å². The zero-order valence-corrected chi connectivity index (χ0v) is 17.9. The molecule has 0 saturated heterocycles. The lowest BCUT2D eigenvalue weighted by molar-refractivity contribution is 0.242. The number of benzene rings is 1. The van der Waals surface area contributed by atoms with Crippen molar-refractivity contribution in [3.63, 3.8) is 0 Å². The number of hydrogen-bond acceptors (Lipinski definition) is 5. The number of aryl methyl sites for hydroxylation is 1. The summed E-state index contributed by atoms with van der Waals surface area (Å²) in [5, 5.41) is 4.55. The number of nitrogens with one attached hydrogen (secondary N) is 1. The molecule has 3 aromatic rings. The Morgan fingerprint density at radius 2 is 1.83 bits per heavy atom. The lowest BCUT2D eigenvalue weighted by atomic mass is 10.1. The molecule has 8 heteroatoms. The van der Waals surface area contributed by atoms with E-state index in [0.717, 1.165) is 22.8 Å². The molecular weight excluding hydrogens is 388 g/mol. The third kappa shape index (κ3) is 5.02. The monoisotopic (exact) mass is 414 g/mol. The predicted octanol–water partition coefficient (Wildman–Crippen LogP) is 3.19. The van der Waals surface area contributed by atoms with E-state index >= 15 is 0 Å². The van der Waals surface area contributed by atoms with Gasteiger partial charge < -0.3 is 4.74 Å². The average molecular weight is 415 g/mol. The molecule has 1 aromatic carbocycles. The van der Waals surface area contributed by atoms with Gasteiger partial charge >= 0.3 is 0 Å². The highest BCUT2D eigenvalue weighted by Gasteiger charge is 2.17. The number of ether oxygens (including phenoxy) is 1. The summed E-state index contributed by atoms with van der Waals surface area (Å²) in [4.78, 5) is 4.54. The first-order valence-electron chi connectivity index (χ1n) is 9.51. The van der Waals surface area contributed by atoms with Gasteiger partial charge in [0.1, 0.15) is 5.75 Å². The van der Waals surface area contributed by atoms with Crippen molar-refractivity contribution in [2.75, 3.05) is 6.54 Å². The summed E-state index contributed by atoms with van der Waals surface area (Å²) in [6.45, 7) is 8.01. The van der Waals surface area contributed by atoms with E-state index in [4.69, 9.17) is 4.74 Å². The number of hydrogen-bond donors (Lipinski definition) is 1. The zero-order valence-electron chi connectivity index (χ0n) is 17.1. The first-order chi connectivity index (χ1) is 13.8. The lowest BCUT2D eigenvalue weighted by Crippen LogP contribution is -2.26. The molecule has 0 unspecified atom stereocenters. The Morgan fingerprint density at radius 3 is 2.45 bits per heavy atom. The van der Waals surface area contributed by atoms with Crippen LogP contribution in [0.15, 0.2) is 53.6 Å². The second kappa shape index (κ2) is 8.75. The summed E-state index contributed by atoms with van der Waals surface area (Å²) in [6, 6.07) is 12.1. The molecule has 2 heterocycles. The van der Waals surface area contributed by atoms with Crippen LogP contribution in [0.1, 0.15) is 30.8 Å². The average Bonchev–Trinajstić information content (AvgIpc) is 2.97. The molecule has 0 bridgehead atoms. The van der Waals surface area contributed by atoms with Gasteiger partial charge in [0.25, 0.3) is 0 Å². The van der Waals surface area contributed by atoms with Crippen molar-refractivity contribution in [3.8, 4) is 11.6 Å². The van der Waals surface area contributed by atoms with E-state index in [9.17, 15) is 8.42 Å². The highest BCUT2D eigenvalue weighted by molar-refractivity contribution is 7.89. The van der Waals surface area contributed by atoms with Crippen molar-refractivity contribution in [3.05, 3.63) is 65.6 Å². The molecule has 0 amide bonds. The van der Waals surface area contributed by atoms with Crippen molar-refractivity contribution >= 4 is 10.0 Å². The van der Waals surface area contributed by atoms with Gasteiger partial charge in [0.15, 0.2) is 5.82 Å². The zero-order chi connectivity index (χ0) is 21.0. The smallest absolute Gasteiger partial charge is 0.240 e. The summed E-state index contributed by atoms with van der Waals surface area (Å²) >= 11 is 0. The van der Waals surface area contributed by atoms with Crippen LogP contribution in [0.5, 0.6) is 5.75 Å². The van der Waals surface area contributed by atoms with Crippen molar-refractivity contribution in [1.29, 1.82) is 0 Å². The minimum absolute atomic E-state index is 0.0362. The van der Waals surface area contributed by atoms with Gasteiger partial charge in [-0.1, -0.05) is 6.07 Å². The van der Waals surface area contributed by atoms with Crippen LogP contribution in [0.2, 0.25) is 0 Å². The van der Waals surface area contributed by atoms with Gasteiger partial charge in [-0.05, 0) is 76.1 Å². The molecule has 2 aromatic heterocycles. The summed E-state index contributed by atoms with van der Waals surface area (Å²) in [7, 11) is -3.59. The fourth-order valence-corrected chi connectivity index (χ4v) is 4.13. The van der Waals surface area contributed by atoms with Gasteiger partial charge in [-0.25, -0.2) is 22.8 Å². The van der Waals surface area contributed by atoms with Gasteiger partial charge in [0.2, 0.25) is 10.0 Å². The standard InChI is InChI=1S/C21H26N4O3S/c1-15(2)28-18-8-10-19(11-9-18)29(26,27)23-14-12-20-16(3)24-25(17(20)4)21-7-5-6-13-22-21/h5-11,13,15,23H,12,14H2,1-4H3. The SMILES string of the molecule is Cc1nn(-c2ccccn2)c(C)c1CCNS(=O)(=O)c1ccc(OC(C)C)cc1. The van der Waals surface area contributed by atoms with Gasteiger partial charge in [-0.2, -0.15) is 5.10 Å². The Bertz CT molecular complexity index is 1060. The number of aromatic nitrogens is 3. The Hall–Kier alpha value is -2.71. The second-order valence-corrected chi connectivity index (χ2v) is 8.80. The molecule has 0 spiro atoms. The summed E-state index contributed by atoms with van der Waals surface area (Å²) < 4.78 is 35.1. The van der Waals surface area contributed by atoms with E-state index in [2.05, 4.69) is 14.8 Å². The Kier molecular flexibility index (Phi) is 6.34. The van der Waals surface area contributed by atoms with Crippen LogP contribution in [0, 0.1) is 13.8 Å². The molecule has 3 rings (SSSR count). The number of rotatable bonds is 8. The summed E-state index contributed by atoms with van der Waals surface area (Å²) in [5.41, 5.74) is 2.83. The maximum absolute atomic E-state index is 12.6. The van der Waals surface area contributed by atoms with Crippen LogP contribution in [0.25, 0.3) is 5.82 Å². The number of sulfonamides is 1. The largest absolute Gasteiger partial charge is 0.491 e. The number of pyridine rings is 1. The molecule has 7 nitrogen and oxygen atoms in total. The topological polar surface area (TPSA) is 86.1 Å². The normalized spacial score (nSPS) is 11.8. The first kappa shape index (κ1) is 21.0. The molecule has 1 N–H and O–H groups in total. The van der Waals surface area contributed by atoms with E-state index in [1.165, 1.54) is 0 Å². The van der Waals surface area contributed by atoms with Crippen molar-refractivity contribution in [2.24, 2.45) is 0 Å². The first-order valence-corrected chi connectivity index (χ1v) is 11.0. The maximum atomic E-state index is 12.6. The Balaban J connectivity index is 1.67. The summed E-state index contributed by atoms with van der Waals surface area (Å²) in [5.74, 6) is 1.38. The van der Waals surface area contributed by atoms with Crippen molar-refractivity contribution < 1.29 is 13.2 Å². The molecule has 0 saturated carbocycles. The highest BCUT2D eigenvalue weighted by atomic mass is 32.2. The molecule has 0 aliphatic carbocycles. The molecule has 29 heavy (non-hydrogen) atoms. The minimum Gasteiger partial charge on any atom is -0.491 e. The Labute approximate surface area is 171 Å². The molecule has 0 atom stereocenters. The molecule has 0 aliphatic heterocycles. The van der Waals surface area contributed by atoms with E-state index in [0.29, 0.717) is 12.2 Å². The third-order valence-electron chi connectivity index (χ3n) is 4.48. The highest BCUT2D eigenvalue weighted by Crippen LogP contribution is 2.19. The third-order valence-corrected chi connectivity index (χ3v) is 5.96. The van der Waals surface area contributed by atoms with Crippen LogP contribution < -0.4 is 9.46 Å². The van der Waals surface area contributed by atoms with Crippen LogP contribution in [0.3, 0.4) is 0 Å². The predicted molar refractivity (Wildman–Crippen MR) is 112 cm³/mol. The molecule has 0 radical (unpaired) electrons. The van der Waals surface area contributed by atoms with E-state index in [1.54, 1.807) is 35.1 Å². The van der Waals surface area contributed by atoms with Crippen molar-refractivity contribution in [2.45, 2.75) is 45.1 Å². The van der Waals surface area contributed by atoms with Crippen LogP contribution in [0.4, 0.5) is 0 Å². The van der Waals surface area contributed by atoms with Crippen molar-refractivity contribution in [1.82, 2.24) is 19.5 Å². The van der Waals surface area contributed by atoms with Gasteiger partial charge in [-0.15, -0.1) is 0 Å². The molecule has 154 valence electrons. The fourth-order valence-electron chi connectivity index (χ4n) is 3.10. The molecule has 0 fully saturated rings.